The van der Waals surface area contributed by atoms with Gasteiger partial charge in [-0.05, 0) is 64.8 Å². The molecule has 0 bridgehead atoms. The number of nitrogens with zero attached hydrogens (tertiary/aromatic N) is 5. The highest BCUT2D eigenvalue weighted by atomic mass is 19.1. The van der Waals surface area contributed by atoms with E-state index >= 15 is 0 Å². The lowest BCUT2D eigenvalue weighted by Crippen LogP contribution is -2.48. The molecule has 28 heavy (non-hydrogen) atoms. The smallest absolute Gasteiger partial charge is 0.276 e. The van der Waals surface area contributed by atoms with E-state index in [0.29, 0.717) is 28.7 Å². The van der Waals surface area contributed by atoms with Gasteiger partial charge in [-0.15, -0.1) is 5.10 Å². The minimum atomic E-state index is -0.292. The van der Waals surface area contributed by atoms with Crippen molar-refractivity contribution < 1.29 is 9.18 Å². The maximum absolute atomic E-state index is 13.9. The fourth-order valence-electron chi connectivity index (χ4n) is 4.45. The fourth-order valence-corrected chi connectivity index (χ4v) is 4.45. The molecule has 0 saturated carbocycles. The molecular formula is C21H28FN5O. The molecule has 7 heteroatoms. The molecular weight excluding hydrogens is 357 g/mol. The van der Waals surface area contributed by atoms with Gasteiger partial charge in [-0.25, -0.2) is 9.07 Å². The predicted molar refractivity (Wildman–Crippen MR) is 105 cm³/mol. The van der Waals surface area contributed by atoms with Crippen molar-refractivity contribution in [2.45, 2.75) is 52.0 Å². The van der Waals surface area contributed by atoms with Crippen LogP contribution in [0.5, 0.6) is 0 Å². The minimum Gasteiger partial charge on any atom is -0.337 e. The number of likely N-dealkylation sites (tertiary alicyclic amines) is 2. The van der Waals surface area contributed by atoms with Crippen LogP contribution in [0.25, 0.3) is 5.69 Å². The second kappa shape index (κ2) is 7.99. The summed E-state index contributed by atoms with van der Waals surface area (Å²) in [4.78, 5) is 17.5. The number of piperidine rings is 2. The molecule has 0 radical (unpaired) electrons. The molecule has 2 aliphatic rings. The molecule has 150 valence electrons. The molecule has 1 aromatic heterocycles. The number of hydrogen-bond donors (Lipinski definition) is 0. The third-order valence-electron chi connectivity index (χ3n) is 6.22. The van der Waals surface area contributed by atoms with E-state index in [2.05, 4.69) is 15.2 Å². The summed E-state index contributed by atoms with van der Waals surface area (Å²) in [5.41, 5.74) is 2.13. The van der Waals surface area contributed by atoms with Crippen LogP contribution >= 0.6 is 0 Å². The Hall–Kier alpha value is -2.28. The van der Waals surface area contributed by atoms with Crippen LogP contribution in [0.1, 0.15) is 53.8 Å². The first kappa shape index (κ1) is 19.1. The summed E-state index contributed by atoms with van der Waals surface area (Å²) < 4.78 is 15.5. The van der Waals surface area contributed by atoms with E-state index in [4.69, 9.17) is 0 Å². The van der Waals surface area contributed by atoms with Crippen LogP contribution in [0.15, 0.2) is 18.2 Å². The van der Waals surface area contributed by atoms with Crippen LogP contribution < -0.4 is 0 Å². The first-order chi connectivity index (χ1) is 13.6. The van der Waals surface area contributed by atoms with Crippen molar-refractivity contribution in [3.05, 3.63) is 41.0 Å². The standard InChI is InChI=1S/C21H28FN5O/c1-15-18(22)7-6-8-19(15)27-16(2)20(23-24-27)21(28)26-13-9-17(10-14-26)25-11-4-3-5-12-25/h6-8,17H,3-5,9-14H2,1-2H3. The molecule has 3 heterocycles. The number of rotatable bonds is 3. The Balaban J connectivity index is 1.46. The van der Waals surface area contributed by atoms with Crippen molar-refractivity contribution in [2.75, 3.05) is 26.2 Å². The lowest BCUT2D eigenvalue weighted by molar-refractivity contribution is 0.0584. The van der Waals surface area contributed by atoms with Crippen LogP contribution in [0, 0.1) is 19.7 Å². The highest BCUT2D eigenvalue weighted by Gasteiger charge is 2.30. The van der Waals surface area contributed by atoms with Crippen LogP contribution in [-0.2, 0) is 0 Å². The molecule has 1 aromatic carbocycles. The quantitative estimate of drug-likeness (QED) is 0.815. The van der Waals surface area contributed by atoms with Crippen molar-refractivity contribution in [1.29, 1.82) is 0 Å². The van der Waals surface area contributed by atoms with Crippen LogP contribution in [0.4, 0.5) is 4.39 Å². The molecule has 4 rings (SSSR count). The predicted octanol–water partition coefficient (Wildman–Crippen LogP) is 3.11. The Bertz CT molecular complexity index is 850. The number of carbonyl (C=O) groups is 1. The van der Waals surface area contributed by atoms with E-state index in [-0.39, 0.29) is 11.7 Å². The molecule has 2 saturated heterocycles. The zero-order valence-electron chi connectivity index (χ0n) is 16.7. The van der Waals surface area contributed by atoms with Gasteiger partial charge in [0.1, 0.15) is 5.82 Å². The molecule has 2 aliphatic heterocycles. The first-order valence-corrected chi connectivity index (χ1v) is 10.3. The molecule has 2 fully saturated rings. The van der Waals surface area contributed by atoms with E-state index in [1.807, 2.05) is 11.8 Å². The maximum Gasteiger partial charge on any atom is 0.276 e. The molecule has 0 N–H and O–H groups in total. The summed E-state index contributed by atoms with van der Waals surface area (Å²) in [5, 5.41) is 8.27. The van der Waals surface area contributed by atoms with Gasteiger partial charge >= 0.3 is 0 Å². The zero-order chi connectivity index (χ0) is 19.7. The largest absolute Gasteiger partial charge is 0.337 e. The third kappa shape index (κ3) is 3.55. The van der Waals surface area contributed by atoms with Gasteiger partial charge in [-0.3, -0.25) is 4.79 Å². The van der Waals surface area contributed by atoms with Gasteiger partial charge < -0.3 is 9.80 Å². The van der Waals surface area contributed by atoms with Gasteiger partial charge in [0.25, 0.3) is 5.91 Å². The number of aromatic nitrogens is 3. The monoisotopic (exact) mass is 385 g/mol. The number of hydrogen-bond acceptors (Lipinski definition) is 4. The van der Waals surface area contributed by atoms with E-state index in [1.165, 1.54) is 38.4 Å². The fraction of sp³-hybridized carbons (Fsp3) is 0.571. The molecule has 2 aromatic rings. The number of carbonyl (C=O) groups excluding carboxylic acids is 1. The molecule has 1 amide bonds. The van der Waals surface area contributed by atoms with E-state index in [0.717, 1.165) is 25.9 Å². The maximum atomic E-state index is 13.9. The molecule has 0 atom stereocenters. The Morgan fingerprint density at radius 3 is 2.50 bits per heavy atom. The first-order valence-electron chi connectivity index (χ1n) is 10.3. The average molecular weight is 385 g/mol. The molecule has 6 nitrogen and oxygen atoms in total. The number of amides is 1. The van der Waals surface area contributed by atoms with Crippen molar-refractivity contribution in [3.63, 3.8) is 0 Å². The van der Waals surface area contributed by atoms with E-state index < -0.39 is 0 Å². The van der Waals surface area contributed by atoms with E-state index in [9.17, 15) is 9.18 Å². The van der Waals surface area contributed by atoms with Crippen LogP contribution in [0.2, 0.25) is 0 Å². The summed E-state index contributed by atoms with van der Waals surface area (Å²) in [6.45, 7) is 7.42. The van der Waals surface area contributed by atoms with Gasteiger partial charge in [0.15, 0.2) is 5.69 Å². The Morgan fingerprint density at radius 1 is 1.07 bits per heavy atom. The Morgan fingerprint density at radius 2 is 1.79 bits per heavy atom. The molecule has 0 unspecified atom stereocenters. The van der Waals surface area contributed by atoms with Gasteiger partial charge in [0.05, 0.1) is 11.4 Å². The summed E-state index contributed by atoms with van der Waals surface area (Å²) in [5.74, 6) is -0.366. The zero-order valence-corrected chi connectivity index (χ0v) is 16.7. The van der Waals surface area contributed by atoms with Crippen molar-refractivity contribution in [2.24, 2.45) is 0 Å². The van der Waals surface area contributed by atoms with E-state index in [1.54, 1.807) is 23.7 Å². The normalized spacial score (nSPS) is 19.2. The topological polar surface area (TPSA) is 54.3 Å². The summed E-state index contributed by atoms with van der Waals surface area (Å²) in [6, 6.07) is 5.45. The van der Waals surface area contributed by atoms with Gasteiger partial charge in [-0.2, -0.15) is 0 Å². The lowest BCUT2D eigenvalue weighted by Gasteiger charge is -2.40. The number of halogens is 1. The van der Waals surface area contributed by atoms with Gasteiger partial charge in [0.2, 0.25) is 0 Å². The Kier molecular flexibility index (Phi) is 5.44. The van der Waals surface area contributed by atoms with Crippen molar-refractivity contribution in [3.8, 4) is 5.69 Å². The van der Waals surface area contributed by atoms with Crippen LogP contribution in [-0.4, -0.2) is 62.9 Å². The average Bonchev–Trinajstić information content (AvgIpc) is 3.11. The van der Waals surface area contributed by atoms with Crippen molar-refractivity contribution >= 4 is 5.91 Å². The summed E-state index contributed by atoms with van der Waals surface area (Å²) in [6.07, 6.45) is 5.96. The third-order valence-corrected chi connectivity index (χ3v) is 6.22. The molecule has 0 spiro atoms. The Labute approximate surface area is 165 Å². The van der Waals surface area contributed by atoms with Crippen LogP contribution in [0.3, 0.4) is 0 Å². The summed E-state index contributed by atoms with van der Waals surface area (Å²) in [7, 11) is 0. The minimum absolute atomic E-state index is 0.0742. The number of benzene rings is 1. The van der Waals surface area contributed by atoms with Crippen molar-refractivity contribution in [1.82, 2.24) is 24.8 Å². The molecule has 0 aliphatic carbocycles. The SMILES string of the molecule is Cc1c(F)cccc1-n1nnc(C(=O)N2CCC(N3CCCCC3)CC2)c1C. The highest BCUT2D eigenvalue weighted by molar-refractivity contribution is 5.93. The van der Waals surface area contributed by atoms with Gasteiger partial charge in [-0.1, -0.05) is 17.7 Å². The lowest BCUT2D eigenvalue weighted by atomic mass is 9.99. The second-order valence-corrected chi connectivity index (χ2v) is 7.94. The highest BCUT2D eigenvalue weighted by Crippen LogP contribution is 2.23. The summed E-state index contributed by atoms with van der Waals surface area (Å²) >= 11 is 0. The second-order valence-electron chi connectivity index (χ2n) is 7.94. The van der Waals surface area contributed by atoms with Gasteiger partial charge in [0, 0.05) is 24.7 Å².